The molecule has 2 aliphatic carbocycles. The lowest BCUT2D eigenvalue weighted by molar-refractivity contribution is -0.0357. The standard InChI is InChI=1S/C14H26O/c1-3-7-15-11-14-6-4-5-13(10-14)8-12(2)9-14/h12-13H,3-11H2,1-2H3. The van der Waals surface area contributed by atoms with Gasteiger partial charge in [0, 0.05) is 6.61 Å². The lowest BCUT2D eigenvalue weighted by Crippen LogP contribution is -2.39. The van der Waals surface area contributed by atoms with Crippen molar-refractivity contribution in [2.75, 3.05) is 13.2 Å². The zero-order valence-electron chi connectivity index (χ0n) is 10.4. The SMILES string of the molecule is CCCOCC12CCCC(CC(C)C1)C2. The molecule has 0 aromatic rings. The molecule has 0 saturated heterocycles. The Kier molecular flexibility index (Phi) is 3.71. The maximum absolute atomic E-state index is 5.85. The Morgan fingerprint density at radius 2 is 2.20 bits per heavy atom. The van der Waals surface area contributed by atoms with E-state index in [0.29, 0.717) is 5.41 Å². The minimum absolute atomic E-state index is 0.579. The van der Waals surface area contributed by atoms with Gasteiger partial charge in [-0.1, -0.05) is 26.7 Å². The second-order valence-electron chi connectivity index (χ2n) is 6.06. The van der Waals surface area contributed by atoms with E-state index >= 15 is 0 Å². The molecule has 0 spiro atoms. The van der Waals surface area contributed by atoms with Gasteiger partial charge in [-0.3, -0.25) is 0 Å². The first-order chi connectivity index (χ1) is 7.24. The Morgan fingerprint density at radius 1 is 1.33 bits per heavy atom. The third-order valence-corrected chi connectivity index (χ3v) is 4.32. The van der Waals surface area contributed by atoms with Crippen LogP contribution in [0.1, 0.15) is 58.8 Å². The highest BCUT2D eigenvalue weighted by Crippen LogP contribution is 2.50. The fraction of sp³-hybridized carbons (Fsp3) is 1.00. The van der Waals surface area contributed by atoms with Crippen LogP contribution >= 0.6 is 0 Å². The monoisotopic (exact) mass is 210 g/mol. The summed E-state index contributed by atoms with van der Waals surface area (Å²) in [6, 6.07) is 0. The van der Waals surface area contributed by atoms with Crippen LogP contribution in [-0.4, -0.2) is 13.2 Å². The van der Waals surface area contributed by atoms with Crippen LogP contribution in [0.2, 0.25) is 0 Å². The maximum Gasteiger partial charge on any atom is 0.0522 e. The van der Waals surface area contributed by atoms with Crippen LogP contribution < -0.4 is 0 Å². The summed E-state index contributed by atoms with van der Waals surface area (Å²) >= 11 is 0. The minimum atomic E-state index is 0.579. The van der Waals surface area contributed by atoms with Crippen LogP contribution in [0.4, 0.5) is 0 Å². The van der Waals surface area contributed by atoms with Crippen molar-refractivity contribution in [1.29, 1.82) is 0 Å². The van der Waals surface area contributed by atoms with Gasteiger partial charge in [0.2, 0.25) is 0 Å². The van der Waals surface area contributed by atoms with Gasteiger partial charge in [0.05, 0.1) is 6.61 Å². The third kappa shape index (κ3) is 2.75. The first kappa shape index (κ1) is 11.4. The van der Waals surface area contributed by atoms with Crippen molar-refractivity contribution < 1.29 is 4.74 Å². The topological polar surface area (TPSA) is 9.23 Å². The molecule has 2 fully saturated rings. The molecule has 1 nitrogen and oxygen atoms in total. The first-order valence-electron chi connectivity index (χ1n) is 6.82. The summed E-state index contributed by atoms with van der Waals surface area (Å²) in [5.74, 6) is 1.96. The third-order valence-electron chi connectivity index (χ3n) is 4.32. The molecule has 0 radical (unpaired) electrons. The van der Waals surface area contributed by atoms with Gasteiger partial charge in [-0.15, -0.1) is 0 Å². The van der Waals surface area contributed by atoms with Crippen LogP contribution in [0.3, 0.4) is 0 Å². The summed E-state index contributed by atoms with van der Waals surface area (Å²) < 4.78 is 5.85. The van der Waals surface area contributed by atoms with E-state index in [9.17, 15) is 0 Å². The zero-order valence-corrected chi connectivity index (χ0v) is 10.4. The second-order valence-corrected chi connectivity index (χ2v) is 6.06. The number of ether oxygens (including phenoxy) is 1. The molecule has 3 unspecified atom stereocenters. The van der Waals surface area contributed by atoms with Gasteiger partial charge < -0.3 is 4.74 Å². The van der Waals surface area contributed by atoms with Crippen LogP contribution in [0.25, 0.3) is 0 Å². The van der Waals surface area contributed by atoms with Crippen LogP contribution in [0.5, 0.6) is 0 Å². The first-order valence-corrected chi connectivity index (χ1v) is 6.82. The Balaban J connectivity index is 1.91. The normalized spacial score (nSPS) is 40.4. The number of fused-ring (bicyclic) bond motifs is 2. The lowest BCUT2D eigenvalue weighted by atomic mass is 9.59. The predicted octanol–water partition coefficient (Wildman–Crippen LogP) is 4.02. The number of rotatable bonds is 4. The quantitative estimate of drug-likeness (QED) is 0.637. The summed E-state index contributed by atoms with van der Waals surface area (Å²) in [5, 5.41) is 0. The highest BCUT2D eigenvalue weighted by Gasteiger charge is 2.41. The van der Waals surface area contributed by atoms with Crippen molar-refractivity contribution in [2.45, 2.75) is 58.8 Å². The van der Waals surface area contributed by atoms with Crippen LogP contribution in [0.15, 0.2) is 0 Å². The average Bonchev–Trinajstić information content (AvgIpc) is 2.16. The van der Waals surface area contributed by atoms with E-state index in [1.165, 1.54) is 38.5 Å². The predicted molar refractivity (Wildman–Crippen MR) is 63.9 cm³/mol. The molecule has 1 heteroatoms. The van der Waals surface area contributed by atoms with Crippen molar-refractivity contribution >= 4 is 0 Å². The van der Waals surface area contributed by atoms with E-state index in [1.54, 1.807) is 0 Å². The molecule has 2 saturated carbocycles. The Hall–Kier alpha value is -0.0400. The van der Waals surface area contributed by atoms with Gasteiger partial charge in [-0.2, -0.15) is 0 Å². The Morgan fingerprint density at radius 3 is 3.00 bits per heavy atom. The molecule has 0 heterocycles. The molecule has 2 bridgehead atoms. The molecular weight excluding hydrogens is 184 g/mol. The van der Waals surface area contributed by atoms with E-state index in [0.717, 1.165) is 31.5 Å². The largest absolute Gasteiger partial charge is 0.381 e. The van der Waals surface area contributed by atoms with E-state index in [1.807, 2.05) is 0 Å². The highest BCUT2D eigenvalue weighted by molar-refractivity contribution is 4.92. The molecule has 15 heavy (non-hydrogen) atoms. The Labute approximate surface area is 94.6 Å². The summed E-state index contributed by atoms with van der Waals surface area (Å²) in [5.41, 5.74) is 0.579. The molecular formula is C14H26O. The fourth-order valence-electron chi connectivity index (χ4n) is 3.98. The fourth-order valence-corrected chi connectivity index (χ4v) is 3.98. The second kappa shape index (κ2) is 4.86. The highest BCUT2D eigenvalue weighted by atomic mass is 16.5. The molecule has 0 aromatic heterocycles. The van der Waals surface area contributed by atoms with Gasteiger partial charge in [-0.25, -0.2) is 0 Å². The lowest BCUT2D eigenvalue weighted by Gasteiger charge is -2.47. The molecule has 0 aromatic carbocycles. The summed E-state index contributed by atoms with van der Waals surface area (Å²) in [4.78, 5) is 0. The van der Waals surface area contributed by atoms with Gasteiger partial charge in [0.15, 0.2) is 0 Å². The van der Waals surface area contributed by atoms with Crippen molar-refractivity contribution in [2.24, 2.45) is 17.3 Å². The average molecular weight is 210 g/mol. The molecule has 3 atom stereocenters. The molecule has 0 amide bonds. The Bertz CT molecular complexity index is 198. The number of hydrogen-bond acceptors (Lipinski definition) is 1. The van der Waals surface area contributed by atoms with E-state index in [4.69, 9.17) is 4.74 Å². The molecule has 0 N–H and O–H groups in total. The van der Waals surface area contributed by atoms with Gasteiger partial charge in [-0.05, 0) is 49.4 Å². The van der Waals surface area contributed by atoms with Crippen molar-refractivity contribution in [3.8, 4) is 0 Å². The van der Waals surface area contributed by atoms with Crippen LogP contribution in [-0.2, 0) is 4.74 Å². The summed E-state index contributed by atoms with van der Waals surface area (Å²) in [6.07, 6.45) is 9.89. The summed E-state index contributed by atoms with van der Waals surface area (Å²) in [7, 11) is 0. The minimum Gasteiger partial charge on any atom is -0.381 e. The summed E-state index contributed by atoms with van der Waals surface area (Å²) in [6.45, 7) is 6.64. The smallest absolute Gasteiger partial charge is 0.0522 e. The van der Waals surface area contributed by atoms with Gasteiger partial charge >= 0.3 is 0 Å². The van der Waals surface area contributed by atoms with Gasteiger partial charge in [0.1, 0.15) is 0 Å². The van der Waals surface area contributed by atoms with Crippen LogP contribution in [0, 0.1) is 17.3 Å². The molecule has 88 valence electrons. The van der Waals surface area contributed by atoms with Crippen molar-refractivity contribution in [3.05, 3.63) is 0 Å². The molecule has 2 aliphatic rings. The zero-order chi connectivity index (χ0) is 10.7. The van der Waals surface area contributed by atoms with E-state index in [-0.39, 0.29) is 0 Å². The number of hydrogen-bond donors (Lipinski definition) is 0. The van der Waals surface area contributed by atoms with Crippen molar-refractivity contribution in [3.63, 3.8) is 0 Å². The van der Waals surface area contributed by atoms with Crippen molar-refractivity contribution in [1.82, 2.24) is 0 Å². The van der Waals surface area contributed by atoms with E-state index < -0.39 is 0 Å². The van der Waals surface area contributed by atoms with E-state index in [2.05, 4.69) is 13.8 Å². The maximum atomic E-state index is 5.85. The molecule has 0 aliphatic heterocycles. The van der Waals surface area contributed by atoms with Gasteiger partial charge in [0.25, 0.3) is 0 Å². The molecule has 2 rings (SSSR count).